The van der Waals surface area contributed by atoms with Crippen LogP contribution in [0.3, 0.4) is 0 Å². The molecule has 0 saturated carbocycles. The molecule has 84 valence electrons. The molecule has 2 rings (SSSR count). The van der Waals surface area contributed by atoms with Gasteiger partial charge in [0.1, 0.15) is 23.1 Å². The van der Waals surface area contributed by atoms with E-state index in [0.717, 1.165) is 0 Å². The van der Waals surface area contributed by atoms with E-state index in [0.29, 0.717) is 11.5 Å². The van der Waals surface area contributed by atoms with E-state index in [1.54, 1.807) is 0 Å². The molecule has 0 aromatic heterocycles. The molecule has 0 unspecified atom stereocenters. The summed E-state index contributed by atoms with van der Waals surface area (Å²) in [6, 6.07) is 11.3. The fourth-order valence-corrected chi connectivity index (χ4v) is 1.14. The van der Waals surface area contributed by atoms with E-state index in [1.165, 1.54) is 48.5 Å². The van der Waals surface area contributed by atoms with Gasteiger partial charge >= 0.3 is 0 Å². The molecule has 0 fully saturated rings. The summed E-state index contributed by atoms with van der Waals surface area (Å²) in [7, 11) is 0. The minimum atomic E-state index is -0.318. The fraction of sp³-hybridized carbons (Fsp3) is 0. The summed E-state index contributed by atoms with van der Waals surface area (Å²) in [5, 5.41) is 0. The van der Waals surface area contributed by atoms with Crippen molar-refractivity contribution in [3.05, 3.63) is 60.2 Å². The maximum atomic E-state index is 12.6. The average molecular weight is 243 g/mol. The average Bonchev–Trinajstić information content (AvgIpc) is 2.25. The predicted octanol–water partition coefficient (Wildman–Crippen LogP) is 4.18. The Morgan fingerprint density at radius 1 is 0.625 bits per heavy atom. The van der Waals surface area contributed by atoms with Crippen LogP contribution in [0, 0.1) is 11.6 Å². The molecule has 0 atom stereocenters. The first kappa shape index (κ1) is 12.5. The van der Waals surface area contributed by atoms with Gasteiger partial charge in [0, 0.05) is 0 Å². The van der Waals surface area contributed by atoms with Crippen molar-refractivity contribution in [3.63, 3.8) is 0 Å². The van der Waals surface area contributed by atoms with Crippen molar-refractivity contribution in [3.8, 4) is 11.5 Å². The van der Waals surface area contributed by atoms with Gasteiger partial charge in [-0.25, -0.2) is 8.78 Å². The van der Waals surface area contributed by atoms with Crippen molar-refractivity contribution in [2.24, 2.45) is 0 Å². The first-order chi connectivity index (χ1) is 7.24. The maximum Gasteiger partial charge on any atom is 0.127 e. The zero-order valence-corrected chi connectivity index (χ0v) is 9.01. The quantitative estimate of drug-likeness (QED) is 0.768. The molecule has 0 radical (unpaired) electrons. The third kappa shape index (κ3) is 3.21. The second-order valence-electron chi connectivity index (χ2n) is 3.01. The zero-order chi connectivity index (χ0) is 10.7. The van der Waals surface area contributed by atoms with Crippen LogP contribution < -0.4 is 4.74 Å². The van der Waals surface area contributed by atoms with Crippen LogP contribution in [0.25, 0.3) is 0 Å². The molecule has 16 heavy (non-hydrogen) atoms. The third-order valence-corrected chi connectivity index (χ3v) is 1.86. The molecule has 0 bridgehead atoms. The van der Waals surface area contributed by atoms with Crippen LogP contribution >= 0.6 is 12.4 Å². The van der Waals surface area contributed by atoms with Gasteiger partial charge in [0.05, 0.1) is 0 Å². The smallest absolute Gasteiger partial charge is 0.127 e. The highest BCUT2D eigenvalue weighted by Crippen LogP contribution is 2.21. The largest absolute Gasteiger partial charge is 0.457 e. The van der Waals surface area contributed by atoms with Crippen molar-refractivity contribution in [1.29, 1.82) is 0 Å². The van der Waals surface area contributed by atoms with Crippen LogP contribution in [-0.4, -0.2) is 0 Å². The van der Waals surface area contributed by atoms with E-state index in [-0.39, 0.29) is 24.0 Å². The molecule has 0 heterocycles. The van der Waals surface area contributed by atoms with Crippen LogP contribution in [0.15, 0.2) is 48.5 Å². The Kier molecular flexibility index (Phi) is 4.26. The SMILES string of the molecule is Cl.Fc1ccc(Oc2ccc(F)cc2)cc1. The first-order valence-electron chi connectivity index (χ1n) is 4.43. The highest BCUT2D eigenvalue weighted by atomic mass is 35.5. The number of halogens is 3. The normalized spacial score (nSPS) is 9.38. The summed E-state index contributed by atoms with van der Waals surface area (Å²) in [4.78, 5) is 0. The molecular weight excluding hydrogens is 234 g/mol. The minimum Gasteiger partial charge on any atom is -0.457 e. The Bertz CT molecular complexity index is 396. The maximum absolute atomic E-state index is 12.6. The molecule has 0 aliphatic heterocycles. The van der Waals surface area contributed by atoms with Crippen molar-refractivity contribution >= 4 is 12.4 Å². The molecule has 0 spiro atoms. The molecule has 0 saturated heterocycles. The zero-order valence-electron chi connectivity index (χ0n) is 8.19. The molecule has 0 aliphatic carbocycles. The van der Waals surface area contributed by atoms with E-state index in [2.05, 4.69) is 0 Å². The fourth-order valence-electron chi connectivity index (χ4n) is 1.14. The van der Waals surface area contributed by atoms with Gasteiger partial charge in [-0.3, -0.25) is 0 Å². The van der Waals surface area contributed by atoms with Crippen LogP contribution in [-0.2, 0) is 0 Å². The van der Waals surface area contributed by atoms with E-state index in [9.17, 15) is 8.78 Å². The van der Waals surface area contributed by atoms with Crippen molar-refractivity contribution < 1.29 is 13.5 Å². The lowest BCUT2D eigenvalue weighted by atomic mass is 10.3. The number of benzene rings is 2. The molecule has 4 heteroatoms. The third-order valence-electron chi connectivity index (χ3n) is 1.86. The summed E-state index contributed by atoms with van der Waals surface area (Å²) in [6.45, 7) is 0. The van der Waals surface area contributed by atoms with Crippen LogP contribution in [0.4, 0.5) is 8.78 Å². The van der Waals surface area contributed by atoms with Crippen molar-refractivity contribution in [2.75, 3.05) is 0 Å². The molecule has 0 aliphatic rings. The molecular formula is C12H9ClF2O. The van der Waals surface area contributed by atoms with Gasteiger partial charge in [-0.2, -0.15) is 0 Å². The lowest BCUT2D eigenvalue weighted by molar-refractivity contribution is 0.478. The molecule has 0 amide bonds. The summed E-state index contributed by atoms with van der Waals surface area (Å²) in [6.07, 6.45) is 0. The molecule has 0 N–H and O–H groups in total. The predicted molar refractivity (Wildman–Crippen MR) is 60.1 cm³/mol. The van der Waals surface area contributed by atoms with E-state index >= 15 is 0 Å². The summed E-state index contributed by atoms with van der Waals surface area (Å²) in [5.41, 5.74) is 0. The highest BCUT2D eigenvalue weighted by Gasteiger charge is 1.97. The van der Waals surface area contributed by atoms with Gasteiger partial charge in [-0.05, 0) is 48.5 Å². The van der Waals surface area contributed by atoms with E-state index < -0.39 is 0 Å². The van der Waals surface area contributed by atoms with Gasteiger partial charge < -0.3 is 4.74 Å². The summed E-state index contributed by atoms with van der Waals surface area (Å²) >= 11 is 0. The lowest BCUT2D eigenvalue weighted by Crippen LogP contribution is -1.84. The van der Waals surface area contributed by atoms with Gasteiger partial charge in [-0.1, -0.05) is 0 Å². The topological polar surface area (TPSA) is 9.23 Å². The Hall–Kier alpha value is -1.61. The minimum absolute atomic E-state index is 0. The molecule has 1 nitrogen and oxygen atoms in total. The van der Waals surface area contributed by atoms with Crippen molar-refractivity contribution in [1.82, 2.24) is 0 Å². The summed E-state index contributed by atoms with van der Waals surface area (Å²) < 4.78 is 30.5. The number of hydrogen-bond acceptors (Lipinski definition) is 1. The standard InChI is InChI=1S/C12H8F2O.ClH/c13-9-1-5-11(6-2-9)15-12-7-3-10(14)4-8-12;/h1-8H;1H. The van der Waals surface area contributed by atoms with Gasteiger partial charge in [0.15, 0.2) is 0 Å². The van der Waals surface area contributed by atoms with Crippen LogP contribution in [0.2, 0.25) is 0 Å². The van der Waals surface area contributed by atoms with Gasteiger partial charge in [0.2, 0.25) is 0 Å². The number of hydrogen-bond donors (Lipinski definition) is 0. The first-order valence-corrected chi connectivity index (χ1v) is 4.43. The Morgan fingerprint density at radius 3 is 1.25 bits per heavy atom. The Labute approximate surface area is 98.1 Å². The summed E-state index contributed by atoms with van der Waals surface area (Å²) in [5.74, 6) is 0.397. The van der Waals surface area contributed by atoms with E-state index in [4.69, 9.17) is 4.74 Å². The highest BCUT2D eigenvalue weighted by molar-refractivity contribution is 5.85. The van der Waals surface area contributed by atoms with Gasteiger partial charge in [0.25, 0.3) is 0 Å². The Morgan fingerprint density at radius 2 is 0.938 bits per heavy atom. The Balaban J connectivity index is 0.00000128. The molecule has 2 aromatic carbocycles. The van der Waals surface area contributed by atoms with Crippen LogP contribution in [0.1, 0.15) is 0 Å². The van der Waals surface area contributed by atoms with Gasteiger partial charge in [-0.15, -0.1) is 12.4 Å². The van der Waals surface area contributed by atoms with Crippen molar-refractivity contribution in [2.45, 2.75) is 0 Å². The molecule has 2 aromatic rings. The second-order valence-corrected chi connectivity index (χ2v) is 3.01. The number of ether oxygens (including phenoxy) is 1. The van der Waals surface area contributed by atoms with E-state index in [1.807, 2.05) is 0 Å². The monoisotopic (exact) mass is 242 g/mol. The van der Waals surface area contributed by atoms with Crippen LogP contribution in [0.5, 0.6) is 11.5 Å². The lowest BCUT2D eigenvalue weighted by Gasteiger charge is -2.04. The number of rotatable bonds is 2. The second kappa shape index (κ2) is 5.47.